The van der Waals surface area contributed by atoms with Crippen LogP contribution in [-0.2, 0) is 23.0 Å². The topological polar surface area (TPSA) is 49.4 Å². The molecule has 24 heavy (non-hydrogen) atoms. The van der Waals surface area contributed by atoms with Gasteiger partial charge in [0.2, 0.25) is 10.0 Å². The summed E-state index contributed by atoms with van der Waals surface area (Å²) in [4.78, 5) is 4.97. The Labute approximate surface area is 152 Å². The van der Waals surface area contributed by atoms with Gasteiger partial charge in [0.25, 0.3) is 0 Å². The summed E-state index contributed by atoms with van der Waals surface area (Å²) in [7, 11) is -3.35. The van der Waals surface area contributed by atoms with Gasteiger partial charge < -0.3 is 0 Å². The van der Waals surface area contributed by atoms with E-state index in [1.807, 2.05) is 13.0 Å². The van der Waals surface area contributed by atoms with Gasteiger partial charge in [0.1, 0.15) is 4.21 Å². The average molecular weight is 385 g/mol. The average Bonchev–Trinajstić information content (AvgIpc) is 3.26. The summed E-state index contributed by atoms with van der Waals surface area (Å²) < 4.78 is 28.0. The third-order valence-corrected chi connectivity index (χ3v) is 8.49. The van der Waals surface area contributed by atoms with Crippen molar-refractivity contribution in [1.82, 2.24) is 9.62 Å². The van der Waals surface area contributed by atoms with Gasteiger partial charge in [0, 0.05) is 22.8 Å². The van der Waals surface area contributed by atoms with E-state index < -0.39 is 10.0 Å². The first-order chi connectivity index (χ1) is 11.6. The molecule has 1 aliphatic rings. The molecule has 1 saturated heterocycles. The summed E-state index contributed by atoms with van der Waals surface area (Å²) in [6, 6.07) is 7.89. The molecule has 0 radical (unpaired) electrons. The molecule has 0 atom stereocenters. The maximum Gasteiger partial charge on any atom is 0.250 e. The van der Waals surface area contributed by atoms with E-state index in [1.54, 1.807) is 17.4 Å². The van der Waals surface area contributed by atoms with Gasteiger partial charge in [-0.05, 0) is 61.8 Å². The monoisotopic (exact) mass is 384 g/mol. The first-order valence-electron chi connectivity index (χ1n) is 8.40. The van der Waals surface area contributed by atoms with Crippen molar-refractivity contribution < 1.29 is 8.42 Å². The first-order valence-corrected chi connectivity index (χ1v) is 11.6. The zero-order chi connectivity index (χ0) is 17.0. The van der Waals surface area contributed by atoms with Crippen molar-refractivity contribution in [2.45, 2.75) is 36.9 Å². The molecule has 2 aromatic rings. The highest BCUT2D eigenvalue weighted by Gasteiger charge is 2.23. The fraction of sp³-hybridized carbons (Fsp3) is 0.529. The summed E-state index contributed by atoms with van der Waals surface area (Å²) in [5.74, 6) is 0.435. The van der Waals surface area contributed by atoms with Crippen LogP contribution < -0.4 is 4.72 Å². The van der Waals surface area contributed by atoms with Crippen LogP contribution in [-0.4, -0.2) is 33.0 Å². The highest BCUT2D eigenvalue weighted by molar-refractivity contribution is 7.91. The fourth-order valence-corrected chi connectivity index (χ4v) is 6.17. The number of hydrogen-bond donors (Lipinski definition) is 1. The van der Waals surface area contributed by atoms with Gasteiger partial charge in [-0.2, -0.15) is 0 Å². The number of hydrogen-bond acceptors (Lipinski definition) is 5. The first kappa shape index (κ1) is 18.1. The standard InChI is InChI=1S/C17H24N2O2S3/c1-2-15-5-6-17(23-15)24(20,21)18-12-14-7-9-19(10-8-14)13-16-4-3-11-22-16/h3-6,11,14,18H,2,7-10,12-13H2,1H3. The van der Waals surface area contributed by atoms with Crippen molar-refractivity contribution in [2.24, 2.45) is 5.92 Å². The van der Waals surface area contributed by atoms with E-state index in [0.29, 0.717) is 16.7 Å². The van der Waals surface area contributed by atoms with Crippen molar-refractivity contribution in [3.63, 3.8) is 0 Å². The number of rotatable bonds is 7. The Hall–Kier alpha value is -0.730. The summed E-state index contributed by atoms with van der Waals surface area (Å²) in [5, 5.41) is 2.12. The van der Waals surface area contributed by atoms with Crippen LogP contribution in [0, 0.1) is 5.92 Å². The lowest BCUT2D eigenvalue weighted by atomic mass is 9.97. The second-order valence-corrected chi connectivity index (χ2v) is 10.4. The molecular weight excluding hydrogens is 360 g/mol. The number of aryl methyl sites for hydroxylation is 1. The lowest BCUT2D eigenvalue weighted by molar-refractivity contribution is 0.180. The van der Waals surface area contributed by atoms with E-state index in [4.69, 9.17) is 0 Å². The highest BCUT2D eigenvalue weighted by Crippen LogP contribution is 2.23. The van der Waals surface area contributed by atoms with Crippen LogP contribution in [0.4, 0.5) is 0 Å². The number of nitrogens with one attached hydrogen (secondary N) is 1. The van der Waals surface area contributed by atoms with Crippen LogP contribution in [0.15, 0.2) is 33.9 Å². The molecule has 2 aromatic heterocycles. The molecule has 3 rings (SSSR count). The van der Waals surface area contributed by atoms with E-state index in [1.165, 1.54) is 16.2 Å². The molecule has 1 fully saturated rings. The van der Waals surface area contributed by atoms with Crippen LogP contribution in [0.2, 0.25) is 0 Å². The smallest absolute Gasteiger partial charge is 0.250 e. The zero-order valence-corrected chi connectivity index (χ0v) is 16.4. The largest absolute Gasteiger partial charge is 0.298 e. The molecular formula is C17H24N2O2S3. The molecule has 7 heteroatoms. The Kier molecular flexibility index (Phi) is 6.10. The number of sulfonamides is 1. The minimum Gasteiger partial charge on any atom is -0.298 e. The van der Waals surface area contributed by atoms with Crippen LogP contribution >= 0.6 is 22.7 Å². The summed E-state index contributed by atoms with van der Waals surface area (Å²) in [6.45, 7) is 5.70. The Morgan fingerprint density at radius 3 is 2.62 bits per heavy atom. The maximum absolute atomic E-state index is 12.4. The van der Waals surface area contributed by atoms with Gasteiger partial charge in [-0.25, -0.2) is 13.1 Å². The van der Waals surface area contributed by atoms with Crippen LogP contribution in [0.25, 0.3) is 0 Å². The van der Waals surface area contributed by atoms with Crippen molar-refractivity contribution in [3.05, 3.63) is 39.4 Å². The lowest BCUT2D eigenvalue weighted by Crippen LogP contribution is -2.38. The third kappa shape index (κ3) is 4.67. The molecule has 4 nitrogen and oxygen atoms in total. The second kappa shape index (κ2) is 8.10. The minimum absolute atomic E-state index is 0.435. The van der Waals surface area contributed by atoms with E-state index >= 15 is 0 Å². The molecule has 0 unspecified atom stereocenters. The summed E-state index contributed by atoms with van der Waals surface area (Å²) >= 11 is 3.17. The quantitative estimate of drug-likeness (QED) is 0.794. The SMILES string of the molecule is CCc1ccc(S(=O)(=O)NCC2CCN(Cc3cccs3)CC2)s1. The van der Waals surface area contributed by atoms with E-state index in [-0.39, 0.29) is 0 Å². The molecule has 0 aromatic carbocycles. The number of nitrogens with zero attached hydrogens (tertiary/aromatic N) is 1. The summed E-state index contributed by atoms with van der Waals surface area (Å²) in [5.41, 5.74) is 0. The fourth-order valence-electron chi connectivity index (χ4n) is 2.96. The van der Waals surface area contributed by atoms with Crippen molar-refractivity contribution in [3.8, 4) is 0 Å². The van der Waals surface area contributed by atoms with Crippen molar-refractivity contribution in [1.29, 1.82) is 0 Å². The summed E-state index contributed by atoms with van der Waals surface area (Å²) in [6.07, 6.45) is 2.99. The predicted molar refractivity (Wildman–Crippen MR) is 101 cm³/mol. The van der Waals surface area contributed by atoms with Gasteiger partial charge >= 0.3 is 0 Å². The van der Waals surface area contributed by atoms with Crippen LogP contribution in [0.1, 0.15) is 29.5 Å². The second-order valence-electron chi connectivity index (χ2n) is 6.23. The van der Waals surface area contributed by atoms with Gasteiger partial charge in [0.15, 0.2) is 0 Å². The normalized spacial score (nSPS) is 17.4. The number of likely N-dealkylation sites (tertiary alicyclic amines) is 1. The molecule has 0 amide bonds. The Morgan fingerprint density at radius 2 is 2.00 bits per heavy atom. The molecule has 1 aliphatic heterocycles. The Balaban J connectivity index is 1.46. The highest BCUT2D eigenvalue weighted by atomic mass is 32.2. The number of thiophene rings is 2. The van der Waals surface area contributed by atoms with E-state index in [2.05, 4.69) is 27.1 Å². The van der Waals surface area contributed by atoms with Gasteiger partial charge in [-0.15, -0.1) is 22.7 Å². The van der Waals surface area contributed by atoms with E-state index in [0.717, 1.165) is 43.8 Å². The maximum atomic E-state index is 12.4. The molecule has 1 N–H and O–H groups in total. The molecule has 0 aliphatic carbocycles. The Bertz CT molecular complexity index is 730. The number of piperidine rings is 1. The van der Waals surface area contributed by atoms with Crippen LogP contribution in [0.3, 0.4) is 0 Å². The third-order valence-electron chi connectivity index (χ3n) is 4.48. The minimum atomic E-state index is -3.35. The lowest BCUT2D eigenvalue weighted by Gasteiger charge is -2.31. The Morgan fingerprint density at radius 1 is 1.21 bits per heavy atom. The molecule has 0 saturated carbocycles. The van der Waals surface area contributed by atoms with E-state index in [9.17, 15) is 8.42 Å². The van der Waals surface area contributed by atoms with Gasteiger partial charge in [0.05, 0.1) is 0 Å². The van der Waals surface area contributed by atoms with Crippen molar-refractivity contribution in [2.75, 3.05) is 19.6 Å². The zero-order valence-electron chi connectivity index (χ0n) is 13.9. The van der Waals surface area contributed by atoms with Gasteiger partial charge in [-0.1, -0.05) is 13.0 Å². The van der Waals surface area contributed by atoms with Gasteiger partial charge in [-0.3, -0.25) is 4.90 Å². The predicted octanol–water partition coefficient (Wildman–Crippen LogP) is 3.56. The molecule has 3 heterocycles. The molecule has 0 spiro atoms. The molecule has 132 valence electrons. The van der Waals surface area contributed by atoms with Crippen molar-refractivity contribution >= 4 is 32.7 Å². The van der Waals surface area contributed by atoms with Crippen LogP contribution in [0.5, 0.6) is 0 Å². The molecule has 0 bridgehead atoms.